The van der Waals surface area contributed by atoms with E-state index in [9.17, 15) is 4.21 Å². The van der Waals surface area contributed by atoms with Crippen LogP contribution >= 0.6 is 0 Å². The molecule has 0 aliphatic carbocycles. The lowest BCUT2D eigenvalue weighted by molar-refractivity contribution is 0.579. The molecule has 112 valence electrons. The summed E-state index contributed by atoms with van der Waals surface area (Å²) in [6, 6.07) is 8.08. The Morgan fingerprint density at radius 3 is 2.62 bits per heavy atom. The van der Waals surface area contributed by atoms with Gasteiger partial charge in [-0.15, -0.1) is 0 Å². The Balaban J connectivity index is 1.92. The minimum Gasteiger partial charge on any atom is -0.337 e. The van der Waals surface area contributed by atoms with E-state index >= 15 is 0 Å². The van der Waals surface area contributed by atoms with Gasteiger partial charge in [0.05, 0.1) is 10.4 Å². The Kier molecular flexibility index (Phi) is 3.52. The maximum atomic E-state index is 12.0. The summed E-state index contributed by atoms with van der Waals surface area (Å²) in [6.07, 6.45) is 0. The summed E-state index contributed by atoms with van der Waals surface area (Å²) in [5.41, 5.74) is 2.13. The van der Waals surface area contributed by atoms with Crippen LogP contribution in [-0.4, -0.2) is 48.0 Å². The van der Waals surface area contributed by atoms with Crippen LogP contribution in [0, 0.1) is 6.92 Å². The molecule has 0 unspecified atom stereocenters. The summed E-state index contributed by atoms with van der Waals surface area (Å²) >= 11 is 0. The number of aromatic nitrogens is 4. The first-order valence-electron chi connectivity index (χ1n) is 6.96. The van der Waals surface area contributed by atoms with Crippen LogP contribution in [0.1, 0.15) is 19.4 Å². The van der Waals surface area contributed by atoms with E-state index in [1.54, 1.807) is 4.68 Å². The fraction of sp³-hybridized carbons (Fsp3) is 0.500. The predicted molar refractivity (Wildman–Crippen MR) is 83.2 cm³/mol. The standard InChI is InChI=1S/C14H19N5OS/c1-11-4-6-12(7-5-11)19-13(15-16-17-19)18-8-9-21(20)14(2,3)10-18/h4-7H,8-10H2,1-3H3/t21-/m0/s1. The maximum Gasteiger partial charge on any atom is 0.250 e. The van der Waals surface area contributed by atoms with Crippen molar-refractivity contribution >= 4 is 16.7 Å². The molecule has 1 aliphatic rings. The van der Waals surface area contributed by atoms with Crippen LogP contribution in [0.3, 0.4) is 0 Å². The van der Waals surface area contributed by atoms with E-state index in [2.05, 4.69) is 20.4 Å². The molecule has 6 nitrogen and oxygen atoms in total. The summed E-state index contributed by atoms with van der Waals surface area (Å²) in [5.74, 6) is 1.36. The van der Waals surface area contributed by atoms with Gasteiger partial charge in [-0.05, 0) is 43.3 Å². The second-order valence-electron chi connectivity index (χ2n) is 5.96. The highest BCUT2D eigenvalue weighted by atomic mass is 32.2. The first-order chi connectivity index (χ1) is 9.97. The fourth-order valence-corrected chi connectivity index (χ4v) is 3.72. The van der Waals surface area contributed by atoms with Crippen LogP contribution < -0.4 is 4.90 Å². The number of hydrogen-bond donors (Lipinski definition) is 0. The summed E-state index contributed by atoms with van der Waals surface area (Å²) < 4.78 is 13.5. The Labute approximate surface area is 126 Å². The molecule has 1 fully saturated rings. The van der Waals surface area contributed by atoms with Gasteiger partial charge in [-0.25, -0.2) is 0 Å². The minimum atomic E-state index is -0.807. The number of anilines is 1. The quantitative estimate of drug-likeness (QED) is 0.837. The van der Waals surface area contributed by atoms with Crippen molar-refractivity contribution in [3.05, 3.63) is 29.8 Å². The van der Waals surface area contributed by atoms with E-state index in [-0.39, 0.29) is 4.75 Å². The van der Waals surface area contributed by atoms with E-state index in [1.807, 2.05) is 45.0 Å². The van der Waals surface area contributed by atoms with E-state index in [0.717, 1.165) is 5.69 Å². The first kappa shape index (κ1) is 14.2. The van der Waals surface area contributed by atoms with Crippen LogP contribution in [0.15, 0.2) is 24.3 Å². The number of tetrazole rings is 1. The fourth-order valence-electron chi connectivity index (χ4n) is 2.48. The minimum absolute atomic E-state index is 0.248. The van der Waals surface area contributed by atoms with Gasteiger partial charge in [0.25, 0.3) is 0 Å². The van der Waals surface area contributed by atoms with Gasteiger partial charge in [0.15, 0.2) is 0 Å². The molecule has 0 radical (unpaired) electrons. The topological polar surface area (TPSA) is 63.9 Å². The monoisotopic (exact) mass is 305 g/mol. The summed E-state index contributed by atoms with van der Waals surface area (Å²) in [5, 5.41) is 12.1. The normalized spacial score (nSPS) is 21.5. The van der Waals surface area contributed by atoms with Gasteiger partial charge in [-0.2, -0.15) is 4.68 Å². The molecule has 7 heteroatoms. The Morgan fingerprint density at radius 2 is 1.95 bits per heavy atom. The number of aryl methyl sites for hydroxylation is 1. The molecule has 0 amide bonds. The zero-order chi connectivity index (χ0) is 15.0. The lowest BCUT2D eigenvalue weighted by atomic mass is 10.2. The van der Waals surface area contributed by atoms with Crippen molar-refractivity contribution in [1.82, 2.24) is 20.2 Å². The Hall–Kier alpha value is -1.76. The average molecular weight is 305 g/mol. The molecule has 3 rings (SSSR count). The molecule has 1 saturated heterocycles. The van der Waals surface area contributed by atoms with Crippen molar-refractivity contribution in [3.8, 4) is 5.69 Å². The molecule has 2 heterocycles. The number of nitrogens with zero attached hydrogens (tertiary/aromatic N) is 5. The zero-order valence-electron chi connectivity index (χ0n) is 12.5. The highest BCUT2D eigenvalue weighted by Crippen LogP contribution is 2.25. The van der Waals surface area contributed by atoms with Crippen molar-refractivity contribution in [3.63, 3.8) is 0 Å². The largest absolute Gasteiger partial charge is 0.337 e. The summed E-state index contributed by atoms with van der Waals surface area (Å²) in [7, 11) is -0.807. The van der Waals surface area contributed by atoms with Gasteiger partial charge in [0.1, 0.15) is 0 Å². The van der Waals surface area contributed by atoms with Crippen LogP contribution in [0.4, 0.5) is 5.95 Å². The lowest BCUT2D eigenvalue weighted by Gasteiger charge is -2.37. The van der Waals surface area contributed by atoms with Crippen molar-refractivity contribution < 1.29 is 4.21 Å². The highest BCUT2D eigenvalue weighted by molar-refractivity contribution is 7.86. The third-order valence-electron chi connectivity index (χ3n) is 3.75. The number of hydrogen-bond acceptors (Lipinski definition) is 5. The van der Waals surface area contributed by atoms with Crippen LogP contribution in [-0.2, 0) is 10.8 Å². The Bertz CT molecular complexity index is 664. The van der Waals surface area contributed by atoms with E-state index in [1.165, 1.54) is 5.56 Å². The number of rotatable bonds is 2. The van der Waals surface area contributed by atoms with Gasteiger partial charge < -0.3 is 4.90 Å². The Morgan fingerprint density at radius 1 is 1.24 bits per heavy atom. The molecule has 1 atom stereocenters. The van der Waals surface area contributed by atoms with E-state index in [0.29, 0.717) is 24.8 Å². The summed E-state index contributed by atoms with van der Waals surface area (Å²) in [6.45, 7) is 7.49. The van der Waals surface area contributed by atoms with Crippen molar-refractivity contribution in [2.75, 3.05) is 23.7 Å². The van der Waals surface area contributed by atoms with Crippen LogP contribution in [0.25, 0.3) is 5.69 Å². The molecular formula is C14H19N5OS. The molecule has 1 aromatic carbocycles. The molecular weight excluding hydrogens is 286 g/mol. The molecule has 1 aromatic heterocycles. The molecule has 21 heavy (non-hydrogen) atoms. The van der Waals surface area contributed by atoms with Gasteiger partial charge in [0.2, 0.25) is 5.95 Å². The number of benzene rings is 1. The first-order valence-corrected chi connectivity index (χ1v) is 8.28. The van der Waals surface area contributed by atoms with Crippen LogP contribution in [0.2, 0.25) is 0 Å². The van der Waals surface area contributed by atoms with Gasteiger partial charge in [-0.3, -0.25) is 4.21 Å². The highest BCUT2D eigenvalue weighted by Gasteiger charge is 2.35. The lowest BCUT2D eigenvalue weighted by Crippen LogP contribution is -2.50. The van der Waals surface area contributed by atoms with Crippen LogP contribution in [0.5, 0.6) is 0 Å². The molecule has 0 spiro atoms. The third-order valence-corrected chi connectivity index (χ3v) is 5.66. The van der Waals surface area contributed by atoms with E-state index in [4.69, 9.17) is 0 Å². The van der Waals surface area contributed by atoms with Gasteiger partial charge in [0, 0.05) is 29.6 Å². The second kappa shape index (κ2) is 5.22. The molecule has 0 N–H and O–H groups in total. The molecule has 0 bridgehead atoms. The molecule has 1 aliphatic heterocycles. The van der Waals surface area contributed by atoms with E-state index < -0.39 is 10.8 Å². The van der Waals surface area contributed by atoms with Crippen molar-refractivity contribution in [2.24, 2.45) is 0 Å². The maximum absolute atomic E-state index is 12.0. The SMILES string of the molecule is Cc1ccc(-n2nnnc2N2CC[S@](=O)C(C)(C)C2)cc1. The predicted octanol–water partition coefficient (Wildman–Crippen LogP) is 1.32. The summed E-state index contributed by atoms with van der Waals surface area (Å²) in [4.78, 5) is 2.11. The van der Waals surface area contributed by atoms with Crippen molar-refractivity contribution in [2.45, 2.75) is 25.5 Å². The van der Waals surface area contributed by atoms with Crippen molar-refractivity contribution in [1.29, 1.82) is 0 Å². The van der Waals surface area contributed by atoms with Gasteiger partial charge >= 0.3 is 0 Å². The molecule has 2 aromatic rings. The second-order valence-corrected chi connectivity index (χ2v) is 8.16. The molecule has 0 saturated carbocycles. The van der Waals surface area contributed by atoms with Gasteiger partial charge in [-0.1, -0.05) is 22.8 Å². The average Bonchev–Trinajstić information content (AvgIpc) is 2.92. The zero-order valence-corrected chi connectivity index (χ0v) is 13.3. The third kappa shape index (κ3) is 2.70. The smallest absolute Gasteiger partial charge is 0.250 e.